The molecule has 3 aromatic carbocycles. The van der Waals surface area contributed by atoms with Crippen molar-refractivity contribution in [2.75, 3.05) is 6.61 Å². The lowest BCUT2D eigenvalue weighted by Gasteiger charge is -2.09. The van der Waals surface area contributed by atoms with Gasteiger partial charge in [-0.15, -0.1) is 0 Å². The number of hydrazone groups is 1. The molecule has 158 valence electrons. The number of carbonyl (C=O) groups is 1. The van der Waals surface area contributed by atoms with E-state index in [-0.39, 0.29) is 5.91 Å². The first kappa shape index (κ1) is 21.5. The zero-order chi connectivity index (χ0) is 22.3. The van der Waals surface area contributed by atoms with Crippen molar-refractivity contribution in [3.63, 3.8) is 0 Å². The predicted molar refractivity (Wildman–Crippen MR) is 132 cm³/mol. The molecular weight excluding hydrogens is 466 g/mol. The van der Waals surface area contributed by atoms with E-state index < -0.39 is 0 Å². The van der Waals surface area contributed by atoms with Gasteiger partial charge in [0.1, 0.15) is 12.4 Å². The predicted octanol–water partition coefficient (Wildman–Crippen LogP) is 5.99. The van der Waals surface area contributed by atoms with E-state index in [1.807, 2.05) is 72.8 Å². The summed E-state index contributed by atoms with van der Waals surface area (Å²) in [5, 5.41) is 4.93. The van der Waals surface area contributed by atoms with E-state index in [0.29, 0.717) is 17.9 Å². The van der Waals surface area contributed by atoms with Gasteiger partial charge in [-0.2, -0.15) is 5.10 Å². The molecule has 1 heterocycles. The van der Waals surface area contributed by atoms with Crippen LogP contribution in [0.5, 0.6) is 5.75 Å². The Kier molecular flexibility index (Phi) is 6.72. The monoisotopic (exact) mass is 485 g/mol. The molecule has 0 fully saturated rings. The Balaban J connectivity index is 1.63. The number of nitrogens with one attached hydrogen (secondary N) is 1. The molecule has 1 amide bonds. The third-order valence-corrected chi connectivity index (χ3v) is 5.22. The number of halogens is 1. The van der Waals surface area contributed by atoms with E-state index in [2.05, 4.69) is 33.0 Å². The highest BCUT2D eigenvalue weighted by atomic mass is 79.9. The van der Waals surface area contributed by atoms with Crippen LogP contribution in [0.4, 0.5) is 0 Å². The van der Waals surface area contributed by atoms with Gasteiger partial charge in [-0.05, 0) is 30.3 Å². The number of fused-ring (bicyclic) bond motifs is 1. The minimum Gasteiger partial charge on any atom is -0.489 e. The molecule has 4 rings (SSSR count). The van der Waals surface area contributed by atoms with Gasteiger partial charge in [-0.25, -0.2) is 10.4 Å². The van der Waals surface area contributed by atoms with E-state index in [1.54, 1.807) is 18.4 Å². The number of aromatic nitrogens is 1. The fourth-order valence-electron chi connectivity index (χ4n) is 3.24. The molecule has 32 heavy (non-hydrogen) atoms. The number of carbonyl (C=O) groups excluding carboxylic acids is 1. The summed E-state index contributed by atoms with van der Waals surface area (Å²) < 4.78 is 6.53. The van der Waals surface area contributed by atoms with Crippen molar-refractivity contribution in [2.24, 2.45) is 5.10 Å². The minimum absolute atomic E-state index is 0.319. The number of rotatable bonds is 7. The van der Waals surface area contributed by atoms with Crippen LogP contribution in [0.3, 0.4) is 0 Å². The Bertz CT molecular complexity index is 1300. The average Bonchev–Trinajstić information content (AvgIpc) is 2.83. The molecule has 0 aliphatic rings. The molecule has 0 saturated carbocycles. The van der Waals surface area contributed by atoms with Crippen molar-refractivity contribution in [3.8, 4) is 17.0 Å². The standard InChI is InChI=1S/C26H20BrN3O2/c1-2-14-32-25-13-12-20(27)15-19(25)17-28-30-26(31)22-16-24(18-8-4-3-5-9-18)29-23-11-7-6-10-21(22)23/h2-13,15-17H,1,14H2,(H,30,31)/b28-17-. The van der Waals surface area contributed by atoms with Crippen molar-refractivity contribution in [1.29, 1.82) is 0 Å². The van der Waals surface area contributed by atoms with Crippen LogP contribution in [0, 0.1) is 0 Å². The number of para-hydroxylation sites is 1. The summed E-state index contributed by atoms with van der Waals surface area (Å²) >= 11 is 3.45. The van der Waals surface area contributed by atoms with Gasteiger partial charge in [0.2, 0.25) is 0 Å². The van der Waals surface area contributed by atoms with Crippen molar-refractivity contribution in [3.05, 3.63) is 107 Å². The molecule has 0 unspecified atom stereocenters. The molecular formula is C26H20BrN3O2. The maximum Gasteiger partial charge on any atom is 0.272 e. The largest absolute Gasteiger partial charge is 0.489 e. The topological polar surface area (TPSA) is 63.6 Å². The highest BCUT2D eigenvalue weighted by Crippen LogP contribution is 2.25. The molecule has 6 heteroatoms. The lowest BCUT2D eigenvalue weighted by Crippen LogP contribution is -2.18. The van der Waals surface area contributed by atoms with Gasteiger partial charge in [-0.1, -0.05) is 77.1 Å². The Morgan fingerprint density at radius 3 is 2.66 bits per heavy atom. The van der Waals surface area contributed by atoms with Crippen LogP contribution in [0.15, 0.2) is 101 Å². The van der Waals surface area contributed by atoms with Crippen molar-refractivity contribution < 1.29 is 9.53 Å². The Hall–Kier alpha value is -3.77. The number of ether oxygens (including phenoxy) is 1. The first-order chi connectivity index (χ1) is 15.7. The molecule has 0 aliphatic carbocycles. The SMILES string of the molecule is C=CCOc1ccc(Br)cc1/C=N\NC(=O)c1cc(-c2ccccc2)nc2ccccc12. The van der Waals surface area contributed by atoms with Gasteiger partial charge in [0.15, 0.2) is 0 Å². The van der Waals surface area contributed by atoms with Crippen LogP contribution < -0.4 is 10.2 Å². The molecule has 1 aromatic heterocycles. The Morgan fingerprint density at radius 1 is 1.06 bits per heavy atom. The van der Waals surface area contributed by atoms with E-state index in [0.717, 1.165) is 32.2 Å². The van der Waals surface area contributed by atoms with Crippen molar-refractivity contribution in [2.45, 2.75) is 0 Å². The molecule has 0 bridgehead atoms. The second-order valence-corrected chi connectivity index (χ2v) is 7.83. The van der Waals surface area contributed by atoms with E-state index in [9.17, 15) is 4.79 Å². The second-order valence-electron chi connectivity index (χ2n) is 6.92. The van der Waals surface area contributed by atoms with Crippen LogP contribution in [0.25, 0.3) is 22.2 Å². The summed E-state index contributed by atoms with van der Waals surface area (Å²) in [5.41, 5.74) is 6.28. The zero-order valence-corrected chi connectivity index (χ0v) is 18.7. The van der Waals surface area contributed by atoms with E-state index in [4.69, 9.17) is 9.72 Å². The van der Waals surface area contributed by atoms with Crippen molar-refractivity contribution >= 4 is 39.0 Å². The molecule has 0 radical (unpaired) electrons. The minimum atomic E-state index is -0.319. The molecule has 0 atom stereocenters. The normalized spacial score (nSPS) is 10.9. The van der Waals surface area contributed by atoms with E-state index >= 15 is 0 Å². The maximum absolute atomic E-state index is 13.0. The van der Waals surface area contributed by atoms with Gasteiger partial charge >= 0.3 is 0 Å². The molecule has 4 aromatic rings. The number of benzene rings is 3. The summed E-state index contributed by atoms with van der Waals surface area (Å²) in [6.07, 6.45) is 3.23. The Morgan fingerprint density at radius 2 is 1.84 bits per heavy atom. The third-order valence-electron chi connectivity index (χ3n) is 4.73. The van der Waals surface area contributed by atoms with Crippen molar-refractivity contribution in [1.82, 2.24) is 10.4 Å². The summed E-state index contributed by atoms with van der Waals surface area (Å²) in [5.74, 6) is 0.326. The maximum atomic E-state index is 13.0. The smallest absolute Gasteiger partial charge is 0.272 e. The molecule has 0 spiro atoms. The number of hydrogen-bond acceptors (Lipinski definition) is 4. The van der Waals surface area contributed by atoms with Crippen LogP contribution in [0.2, 0.25) is 0 Å². The number of hydrogen-bond donors (Lipinski definition) is 1. The fraction of sp³-hybridized carbons (Fsp3) is 0.0385. The summed E-state index contributed by atoms with van der Waals surface area (Å²) in [6.45, 7) is 4.04. The molecule has 1 N–H and O–H groups in total. The van der Waals surface area contributed by atoms with Crippen LogP contribution in [-0.2, 0) is 0 Å². The van der Waals surface area contributed by atoms with Gasteiger partial charge in [0.05, 0.1) is 23.0 Å². The molecule has 0 aliphatic heterocycles. The summed E-state index contributed by atoms with van der Waals surface area (Å²) in [4.78, 5) is 17.8. The number of amides is 1. The molecule has 0 saturated heterocycles. The summed E-state index contributed by atoms with van der Waals surface area (Å²) in [7, 11) is 0. The van der Waals surface area contributed by atoms with E-state index in [1.165, 1.54) is 0 Å². The van der Waals surface area contributed by atoms with Crippen LogP contribution in [-0.4, -0.2) is 23.7 Å². The number of pyridine rings is 1. The van der Waals surface area contributed by atoms with Crippen LogP contribution in [0.1, 0.15) is 15.9 Å². The second kappa shape index (κ2) is 10.0. The third kappa shape index (κ3) is 4.92. The lowest BCUT2D eigenvalue weighted by molar-refractivity contribution is 0.0956. The first-order valence-electron chi connectivity index (χ1n) is 9.97. The zero-order valence-electron chi connectivity index (χ0n) is 17.2. The first-order valence-corrected chi connectivity index (χ1v) is 10.8. The molecule has 5 nitrogen and oxygen atoms in total. The van der Waals surface area contributed by atoms with Gasteiger partial charge in [0, 0.05) is 21.0 Å². The Labute approximate surface area is 194 Å². The summed E-state index contributed by atoms with van der Waals surface area (Å²) in [6, 6.07) is 24.7. The lowest BCUT2D eigenvalue weighted by atomic mass is 10.0. The van der Waals surface area contributed by atoms with Gasteiger partial charge in [0.25, 0.3) is 5.91 Å². The van der Waals surface area contributed by atoms with Gasteiger partial charge < -0.3 is 4.74 Å². The highest BCUT2D eigenvalue weighted by molar-refractivity contribution is 9.10. The number of nitrogens with zero attached hydrogens (tertiary/aromatic N) is 2. The average molecular weight is 486 g/mol. The highest BCUT2D eigenvalue weighted by Gasteiger charge is 2.13. The van der Waals surface area contributed by atoms with Crippen LogP contribution >= 0.6 is 15.9 Å². The fourth-order valence-corrected chi connectivity index (χ4v) is 3.62. The van der Waals surface area contributed by atoms with Gasteiger partial charge in [-0.3, -0.25) is 4.79 Å². The quantitative estimate of drug-likeness (QED) is 0.198.